The second-order valence-corrected chi connectivity index (χ2v) is 4.74. The van der Waals surface area contributed by atoms with Crippen LogP contribution in [0.2, 0.25) is 0 Å². The Morgan fingerprint density at radius 2 is 2.14 bits per heavy atom. The summed E-state index contributed by atoms with van der Waals surface area (Å²) in [6.07, 6.45) is 3.69. The summed E-state index contributed by atoms with van der Waals surface area (Å²) in [4.78, 5) is 10.9. The lowest BCUT2D eigenvalue weighted by Crippen LogP contribution is -2.26. The van der Waals surface area contributed by atoms with E-state index in [-0.39, 0.29) is 11.8 Å². The molecule has 0 N–H and O–H groups in total. The van der Waals surface area contributed by atoms with Crippen molar-refractivity contribution in [3.63, 3.8) is 0 Å². The molecule has 0 aromatic rings. The fourth-order valence-corrected chi connectivity index (χ4v) is 2.29. The highest BCUT2D eigenvalue weighted by Crippen LogP contribution is 2.33. The van der Waals surface area contributed by atoms with Crippen LogP contribution in [-0.2, 0) is 9.53 Å². The average Bonchev–Trinajstić information content (AvgIpc) is 2.16. The quantitative estimate of drug-likeness (QED) is 0.538. The van der Waals surface area contributed by atoms with Gasteiger partial charge in [-0.3, -0.25) is 4.79 Å². The molecular weight excluding hydrogens is 200 g/mol. The van der Waals surface area contributed by atoms with Crippen LogP contribution in [-0.4, -0.2) is 18.5 Å². The van der Waals surface area contributed by atoms with Crippen molar-refractivity contribution in [1.29, 1.82) is 0 Å². The molecule has 1 aliphatic carbocycles. The van der Waals surface area contributed by atoms with Gasteiger partial charge >= 0.3 is 5.97 Å². The molecule has 0 bridgehead atoms. The first kappa shape index (κ1) is 11.8. The molecule has 2 nitrogen and oxygen atoms in total. The van der Waals surface area contributed by atoms with Crippen LogP contribution >= 0.6 is 11.6 Å². The van der Waals surface area contributed by atoms with Crippen LogP contribution in [0.1, 0.15) is 33.1 Å². The zero-order chi connectivity index (χ0) is 10.6. The molecule has 3 unspecified atom stereocenters. The Bertz CT molecular complexity index is 194. The predicted molar refractivity (Wildman–Crippen MR) is 57.3 cm³/mol. The summed E-state index contributed by atoms with van der Waals surface area (Å²) in [6.45, 7) is 5.09. The third-order valence-corrected chi connectivity index (χ3v) is 3.39. The molecule has 1 aliphatic rings. The summed E-state index contributed by atoms with van der Waals surface area (Å²) >= 11 is 5.35. The van der Waals surface area contributed by atoms with E-state index in [9.17, 15) is 4.79 Å². The van der Waals surface area contributed by atoms with Crippen LogP contribution in [0.25, 0.3) is 0 Å². The molecule has 82 valence electrons. The van der Waals surface area contributed by atoms with E-state index >= 15 is 0 Å². The Morgan fingerprint density at radius 1 is 1.43 bits per heavy atom. The van der Waals surface area contributed by atoms with E-state index in [2.05, 4.69) is 13.8 Å². The molecule has 0 amide bonds. The summed E-state index contributed by atoms with van der Waals surface area (Å²) in [5.41, 5.74) is 0. The van der Waals surface area contributed by atoms with Gasteiger partial charge in [-0.05, 0) is 30.6 Å². The van der Waals surface area contributed by atoms with Gasteiger partial charge in [0.2, 0.25) is 0 Å². The number of esters is 1. The van der Waals surface area contributed by atoms with Crippen molar-refractivity contribution >= 4 is 17.6 Å². The first-order valence-electron chi connectivity index (χ1n) is 5.35. The number of carbonyl (C=O) groups excluding carboxylic acids is 1. The lowest BCUT2D eigenvalue weighted by molar-refractivity contribution is -0.142. The number of halogens is 1. The van der Waals surface area contributed by atoms with Crippen molar-refractivity contribution in [2.75, 3.05) is 12.5 Å². The standard InChI is InChI=1S/C11H19ClO2/c1-8-3-4-10(9(2)5-8)7-14-11(13)6-12/h8-10H,3-7H2,1-2H3. The van der Waals surface area contributed by atoms with Gasteiger partial charge in [0.15, 0.2) is 0 Å². The molecule has 14 heavy (non-hydrogen) atoms. The van der Waals surface area contributed by atoms with Crippen molar-refractivity contribution in [3.05, 3.63) is 0 Å². The first-order chi connectivity index (χ1) is 6.63. The minimum atomic E-state index is -0.294. The highest BCUT2D eigenvalue weighted by molar-refractivity contribution is 6.26. The van der Waals surface area contributed by atoms with Crippen LogP contribution in [0.15, 0.2) is 0 Å². The van der Waals surface area contributed by atoms with Gasteiger partial charge in [0.1, 0.15) is 5.88 Å². The molecule has 0 radical (unpaired) electrons. The Hall–Kier alpha value is -0.240. The van der Waals surface area contributed by atoms with Crippen LogP contribution < -0.4 is 0 Å². The van der Waals surface area contributed by atoms with Gasteiger partial charge in [0.05, 0.1) is 6.61 Å². The van der Waals surface area contributed by atoms with Gasteiger partial charge in [0.25, 0.3) is 0 Å². The minimum absolute atomic E-state index is 0.0303. The normalized spacial score (nSPS) is 32.6. The van der Waals surface area contributed by atoms with Crippen molar-refractivity contribution in [3.8, 4) is 0 Å². The highest BCUT2D eigenvalue weighted by atomic mass is 35.5. The molecule has 1 rings (SSSR count). The van der Waals surface area contributed by atoms with Gasteiger partial charge in [-0.25, -0.2) is 0 Å². The number of carbonyl (C=O) groups is 1. The molecule has 0 aromatic carbocycles. The molecule has 0 saturated heterocycles. The Labute approximate surface area is 91.0 Å². The minimum Gasteiger partial charge on any atom is -0.464 e. The molecule has 3 atom stereocenters. The largest absolute Gasteiger partial charge is 0.464 e. The van der Waals surface area contributed by atoms with Crippen molar-refractivity contribution in [2.24, 2.45) is 17.8 Å². The molecule has 0 aromatic heterocycles. The summed E-state index contributed by atoms with van der Waals surface area (Å²) in [7, 11) is 0. The number of hydrogen-bond donors (Lipinski definition) is 0. The third kappa shape index (κ3) is 3.49. The molecule has 0 heterocycles. The molecule has 0 spiro atoms. The SMILES string of the molecule is CC1CCC(COC(=O)CCl)C(C)C1. The summed E-state index contributed by atoms with van der Waals surface area (Å²) < 4.78 is 5.07. The van der Waals surface area contributed by atoms with E-state index in [1.165, 1.54) is 19.3 Å². The maximum absolute atomic E-state index is 10.9. The first-order valence-corrected chi connectivity index (χ1v) is 5.88. The smallest absolute Gasteiger partial charge is 0.320 e. The van der Waals surface area contributed by atoms with Crippen LogP contribution in [0.3, 0.4) is 0 Å². The predicted octanol–water partition coefficient (Wildman–Crippen LogP) is 2.84. The third-order valence-electron chi connectivity index (χ3n) is 3.18. The summed E-state index contributed by atoms with van der Waals surface area (Å²) in [5, 5.41) is 0. The Morgan fingerprint density at radius 3 is 2.71 bits per heavy atom. The zero-order valence-corrected chi connectivity index (χ0v) is 9.72. The van der Waals surface area contributed by atoms with Gasteiger partial charge in [-0.1, -0.05) is 20.3 Å². The maximum Gasteiger partial charge on any atom is 0.320 e. The van der Waals surface area contributed by atoms with Crippen molar-refractivity contribution < 1.29 is 9.53 Å². The Balaban J connectivity index is 2.27. The van der Waals surface area contributed by atoms with Gasteiger partial charge in [-0.15, -0.1) is 11.6 Å². The summed E-state index contributed by atoms with van der Waals surface area (Å²) in [5.74, 6) is 1.71. The lowest BCUT2D eigenvalue weighted by Gasteiger charge is -2.32. The molecular formula is C11H19ClO2. The summed E-state index contributed by atoms with van der Waals surface area (Å²) in [6, 6.07) is 0. The van der Waals surface area contributed by atoms with Crippen molar-refractivity contribution in [2.45, 2.75) is 33.1 Å². The maximum atomic E-state index is 10.9. The average molecular weight is 219 g/mol. The Kier molecular flexibility index (Phi) is 4.73. The number of alkyl halides is 1. The number of rotatable bonds is 3. The number of hydrogen-bond acceptors (Lipinski definition) is 2. The van der Waals surface area contributed by atoms with E-state index in [0.29, 0.717) is 18.4 Å². The molecule has 1 fully saturated rings. The van der Waals surface area contributed by atoms with E-state index in [1.807, 2.05) is 0 Å². The van der Waals surface area contributed by atoms with Crippen LogP contribution in [0, 0.1) is 17.8 Å². The fraction of sp³-hybridized carbons (Fsp3) is 0.909. The number of ether oxygens (including phenoxy) is 1. The topological polar surface area (TPSA) is 26.3 Å². The fourth-order valence-electron chi connectivity index (χ4n) is 2.21. The molecule has 1 saturated carbocycles. The highest BCUT2D eigenvalue weighted by Gasteiger charge is 2.26. The molecule has 3 heteroatoms. The second kappa shape index (κ2) is 5.59. The van der Waals surface area contributed by atoms with Crippen LogP contribution in [0.4, 0.5) is 0 Å². The van der Waals surface area contributed by atoms with E-state index in [1.54, 1.807) is 0 Å². The zero-order valence-electron chi connectivity index (χ0n) is 8.96. The van der Waals surface area contributed by atoms with Gasteiger partial charge in [0, 0.05) is 0 Å². The lowest BCUT2D eigenvalue weighted by atomic mass is 9.76. The van der Waals surface area contributed by atoms with E-state index in [0.717, 1.165) is 5.92 Å². The van der Waals surface area contributed by atoms with E-state index in [4.69, 9.17) is 16.3 Å². The van der Waals surface area contributed by atoms with E-state index < -0.39 is 0 Å². The molecule has 0 aliphatic heterocycles. The van der Waals surface area contributed by atoms with Gasteiger partial charge in [-0.2, -0.15) is 0 Å². The van der Waals surface area contributed by atoms with Crippen LogP contribution in [0.5, 0.6) is 0 Å². The second-order valence-electron chi connectivity index (χ2n) is 4.47. The monoisotopic (exact) mass is 218 g/mol. The van der Waals surface area contributed by atoms with Crippen molar-refractivity contribution in [1.82, 2.24) is 0 Å². The van der Waals surface area contributed by atoms with Gasteiger partial charge < -0.3 is 4.74 Å².